The molecule has 0 aliphatic rings. The summed E-state index contributed by atoms with van der Waals surface area (Å²) in [7, 11) is 2.67. The summed E-state index contributed by atoms with van der Waals surface area (Å²) in [6.07, 6.45) is 0. The summed E-state index contributed by atoms with van der Waals surface area (Å²) >= 11 is 0. The van der Waals surface area contributed by atoms with E-state index in [0.717, 1.165) is 12.1 Å². The van der Waals surface area contributed by atoms with Crippen molar-refractivity contribution in [3.8, 4) is 11.5 Å². The summed E-state index contributed by atoms with van der Waals surface area (Å²) in [6.45, 7) is 0. The van der Waals surface area contributed by atoms with Crippen molar-refractivity contribution in [2.24, 2.45) is 0 Å². The highest BCUT2D eigenvalue weighted by atomic mass is 16.5. The van der Waals surface area contributed by atoms with E-state index < -0.39 is 11.9 Å². The smallest absolute Gasteiger partial charge is 0.336 e. The first-order chi connectivity index (χ1) is 7.51. The maximum absolute atomic E-state index is 10.8. The van der Waals surface area contributed by atoms with Gasteiger partial charge in [-0.3, -0.25) is 0 Å². The van der Waals surface area contributed by atoms with E-state index in [1.807, 2.05) is 0 Å². The van der Waals surface area contributed by atoms with Crippen molar-refractivity contribution in [2.75, 3.05) is 14.2 Å². The maximum Gasteiger partial charge on any atom is 0.336 e. The molecule has 86 valence electrons. The summed E-state index contributed by atoms with van der Waals surface area (Å²) < 4.78 is 9.76. The largest absolute Gasteiger partial charge is 0.493 e. The van der Waals surface area contributed by atoms with E-state index in [1.54, 1.807) is 0 Å². The standard InChI is InChI=1S/C10H10O6/c1-15-7-3-5(9(11)12)6(10(13)14)4-8(7)16-2/h3-4H,1-2H3,(H,11,12)(H,13,14). The lowest BCUT2D eigenvalue weighted by Gasteiger charge is -2.10. The van der Waals surface area contributed by atoms with Crippen LogP contribution in [-0.2, 0) is 0 Å². The number of carboxylic acids is 2. The Morgan fingerprint density at radius 2 is 1.25 bits per heavy atom. The van der Waals surface area contributed by atoms with Gasteiger partial charge in [-0.15, -0.1) is 0 Å². The molecule has 0 aliphatic carbocycles. The Labute approximate surface area is 91.0 Å². The van der Waals surface area contributed by atoms with E-state index in [-0.39, 0.29) is 22.6 Å². The molecule has 0 heterocycles. The molecule has 0 spiro atoms. The SMILES string of the molecule is COc1cc(C(=O)O)c(C(=O)O)cc1OC. The zero-order chi connectivity index (χ0) is 12.3. The van der Waals surface area contributed by atoms with Crippen molar-refractivity contribution in [2.45, 2.75) is 0 Å². The van der Waals surface area contributed by atoms with Crippen LogP contribution in [0, 0.1) is 0 Å². The molecule has 16 heavy (non-hydrogen) atoms. The summed E-state index contributed by atoms with van der Waals surface area (Å²) in [6, 6.07) is 2.23. The van der Waals surface area contributed by atoms with E-state index in [4.69, 9.17) is 19.7 Å². The first kappa shape index (κ1) is 11.8. The van der Waals surface area contributed by atoms with Crippen molar-refractivity contribution >= 4 is 11.9 Å². The van der Waals surface area contributed by atoms with Gasteiger partial charge >= 0.3 is 11.9 Å². The highest BCUT2D eigenvalue weighted by Gasteiger charge is 2.20. The molecule has 6 heteroatoms. The number of methoxy groups -OCH3 is 2. The highest BCUT2D eigenvalue weighted by Crippen LogP contribution is 2.30. The molecular formula is C10H10O6. The van der Waals surface area contributed by atoms with Gasteiger partial charge in [0.2, 0.25) is 0 Å². The molecule has 0 aromatic heterocycles. The molecule has 0 saturated heterocycles. The third-order valence-electron chi connectivity index (χ3n) is 1.98. The van der Waals surface area contributed by atoms with Crippen LogP contribution < -0.4 is 9.47 Å². The van der Waals surface area contributed by atoms with Gasteiger partial charge in [0.05, 0.1) is 25.3 Å². The van der Waals surface area contributed by atoms with Gasteiger partial charge in [0.1, 0.15) is 0 Å². The number of rotatable bonds is 4. The molecule has 0 fully saturated rings. The second-order valence-corrected chi connectivity index (χ2v) is 2.86. The fraction of sp³-hybridized carbons (Fsp3) is 0.200. The zero-order valence-electron chi connectivity index (χ0n) is 8.68. The average Bonchev–Trinajstić information content (AvgIpc) is 2.26. The second-order valence-electron chi connectivity index (χ2n) is 2.86. The van der Waals surface area contributed by atoms with Crippen molar-refractivity contribution in [3.63, 3.8) is 0 Å². The van der Waals surface area contributed by atoms with Gasteiger partial charge in [-0.05, 0) is 12.1 Å². The molecule has 0 atom stereocenters. The van der Waals surface area contributed by atoms with Gasteiger partial charge in [-0.25, -0.2) is 9.59 Å². The molecule has 0 aliphatic heterocycles. The topological polar surface area (TPSA) is 93.1 Å². The molecule has 0 unspecified atom stereocenters. The Balaban J connectivity index is 3.47. The first-order valence-corrected chi connectivity index (χ1v) is 4.23. The molecule has 0 bridgehead atoms. The Morgan fingerprint density at radius 3 is 1.44 bits per heavy atom. The number of benzene rings is 1. The quantitative estimate of drug-likeness (QED) is 0.798. The number of hydrogen-bond donors (Lipinski definition) is 2. The molecule has 2 N–H and O–H groups in total. The van der Waals surface area contributed by atoms with Gasteiger partial charge in [-0.1, -0.05) is 0 Å². The van der Waals surface area contributed by atoms with Gasteiger partial charge < -0.3 is 19.7 Å². The molecule has 1 aromatic rings. The van der Waals surface area contributed by atoms with Crippen LogP contribution >= 0.6 is 0 Å². The molecule has 1 aromatic carbocycles. The minimum absolute atomic E-state index is 0.171. The van der Waals surface area contributed by atoms with Crippen LogP contribution in [0.1, 0.15) is 20.7 Å². The van der Waals surface area contributed by atoms with Gasteiger partial charge in [0.25, 0.3) is 0 Å². The summed E-state index contributed by atoms with van der Waals surface area (Å²) in [5.74, 6) is -2.33. The number of carbonyl (C=O) groups is 2. The van der Waals surface area contributed by atoms with Crippen molar-refractivity contribution in [1.82, 2.24) is 0 Å². The fourth-order valence-electron chi connectivity index (χ4n) is 1.23. The Bertz CT molecular complexity index is 396. The lowest BCUT2D eigenvalue weighted by molar-refractivity contribution is 0.0651. The Hall–Kier alpha value is -2.24. The van der Waals surface area contributed by atoms with E-state index in [0.29, 0.717) is 0 Å². The van der Waals surface area contributed by atoms with Gasteiger partial charge in [0.15, 0.2) is 11.5 Å². The molecule has 0 saturated carbocycles. The van der Waals surface area contributed by atoms with Crippen LogP contribution in [0.25, 0.3) is 0 Å². The number of ether oxygens (including phenoxy) is 2. The highest BCUT2D eigenvalue weighted by molar-refractivity contribution is 6.02. The van der Waals surface area contributed by atoms with Gasteiger partial charge in [-0.2, -0.15) is 0 Å². The predicted molar refractivity (Wildman–Crippen MR) is 53.5 cm³/mol. The summed E-state index contributed by atoms with van der Waals surface area (Å²) in [5, 5.41) is 17.7. The fourth-order valence-corrected chi connectivity index (χ4v) is 1.23. The third-order valence-corrected chi connectivity index (χ3v) is 1.98. The lowest BCUT2D eigenvalue weighted by Crippen LogP contribution is -2.09. The molecule has 1 rings (SSSR count). The normalized spacial score (nSPS) is 9.62. The lowest BCUT2D eigenvalue weighted by atomic mass is 10.1. The Morgan fingerprint density at radius 1 is 0.938 bits per heavy atom. The molecule has 0 radical (unpaired) electrons. The van der Waals surface area contributed by atoms with E-state index in [2.05, 4.69) is 0 Å². The number of hydrogen-bond acceptors (Lipinski definition) is 4. The van der Waals surface area contributed by atoms with Crippen LogP contribution in [-0.4, -0.2) is 36.4 Å². The van der Waals surface area contributed by atoms with E-state index >= 15 is 0 Å². The maximum atomic E-state index is 10.8. The van der Waals surface area contributed by atoms with Crippen LogP contribution in [0.5, 0.6) is 11.5 Å². The number of carboxylic acid groups (broad SMARTS) is 2. The monoisotopic (exact) mass is 226 g/mol. The third kappa shape index (κ3) is 2.05. The van der Waals surface area contributed by atoms with Crippen LogP contribution in [0.4, 0.5) is 0 Å². The van der Waals surface area contributed by atoms with Crippen LogP contribution in [0.2, 0.25) is 0 Å². The summed E-state index contributed by atoms with van der Waals surface area (Å²) in [5.41, 5.74) is -0.685. The van der Waals surface area contributed by atoms with Crippen molar-refractivity contribution in [3.05, 3.63) is 23.3 Å². The molecule has 6 nitrogen and oxygen atoms in total. The van der Waals surface area contributed by atoms with Gasteiger partial charge in [0, 0.05) is 0 Å². The van der Waals surface area contributed by atoms with Crippen molar-refractivity contribution < 1.29 is 29.3 Å². The molecular weight excluding hydrogens is 216 g/mol. The first-order valence-electron chi connectivity index (χ1n) is 4.23. The van der Waals surface area contributed by atoms with Crippen LogP contribution in [0.3, 0.4) is 0 Å². The number of aromatic carboxylic acids is 2. The predicted octanol–water partition coefficient (Wildman–Crippen LogP) is 1.10. The minimum atomic E-state index is -1.33. The van der Waals surface area contributed by atoms with E-state index in [1.165, 1.54) is 14.2 Å². The average molecular weight is 226 g/mol. The minimum Gasteiger partial charge on any atom is -0.493 e. The van der Waals surface area contributed by atoms with Crippen molar-refractivity contribution in [1.29, 1.82) is 0 Å². The molecule has 0 amide bonds. The Kier molecular flexibility index (Phi) is 3.34. The second kappa shape index (κ2) is 4.52. The zero-order valence-corrected chi connectivity index (χ0v) is 8.68. The van der Waals surface area contributed by atoms with E-state index in [9.17, 15) is 9.59 Å². The van der Waals surface area contributed by atoms with Crippen LogP contribution in [0.15, 0.2) is 12.1 Å². The summed E-state index contributed by atoms with van der Waals surface area (Å²) in [4.78, 5) is 21.7.